The van der Waals surface area contributed by atoms with E-state index in [0.29, 0.717) is 33.2 Å². The summed E-state index contributed by atoms with van der Waals surface area (Å²) >= 11 is 0. The highest BCUT2D eigenvalue weighted by molar-refractivity contribution is 7.91. The molecule has 3 aromatic rings. The van der Waals surface area contributed by atoms with Gasteiger partial charge in [0.25, 0.3) is 0 Å². The largest absolute Gasteiger partial charge is 0.493 e. The Hall–Kier alpha value is -2.87. The molecule has 136 valence electrons. The monoisotopic (exact) mass is 373 g/mol. The first-order valence-electron chi connectivity index (χ1n) is 7.74. The van der Waals surface area contributed by atoms with E-state index in [9.17, 15) is 4.21 Å². The Morgan fingerprint density at radius 2 is 1.69 bits per heavy atom. The Kier molecular flexibility index (Phi) is 4.94. The maximum atomic E-state index is 11.7. The second-order valence-electron chi connectivity index (χ2n) is 5.68. The van der Waals surface area contributed by atoms with Crippen LogP contribution < -0.4 is 14.2 Å². The van der Waals surface area contributed by atoms with E-state index in [1.165, 1.54) is 12.6 Å². The minimum absolute atomic E-state index is 0.281. The van der Waals surface area contributed by atoms with Gasteiger partial charge in [-0.3, -0.25) is 0 Å². The molecule has 7 nitrogen and oxygen atoms in total. The van der Waals surface area contributed by atoms with Crippen LogP contribution in [0.1, 0.15) is 5.56 Å². The molecule has 0 spiro atoms. The number of hydrogen-bond acceptors (Lipinski definition) is 7. The average Bonchev–Trinajstić information content (AvgIpc) is 2.64. The topological polar surface area (TPSA) is 94.4 Å². The van der Waals surface area contributed by atoms with Gasteiger partial charge < -0.3 is 14.2 Å². The summed E-state index contributed by atoms with van der Waals surface area (Å²) in [5.41, 5.74) is 1.56. The number of methoxy groups -OCH3 is 2. The zero-order chi connectivity index (χ0) is 18.7. The fourth-order valence-electron chi connectivity index (χ4n) is 2.47. The lowest BCUT2D eigenvalue weighted by molar-refractivity contribution is 0.297. The Bertz CT molecular complexity index is 1030. The summed E-state index contributed by atoms with van der Waals surface area (Å²) in [4.78, 5) is 8.94. The van der Waals surface area contributed by atoms with E-state index in [1.54, 1.807) is 50.6 Å². The van der Waals surface area contributed by atoms with Crippen LogP contribution in [0.4, 0.5) is 0 Å². The third-order valence-electron chi connectivity index (χ3n) is 3.85. The molecule has 1 N–H and O–H groups in total. The molecule has 26 heavy (non-hydrogen) atoms. The number of nitrogens with one attached hydrogen (secondary N) is 1. The van der Waals surface area contributed by atoms with Gasteiger partial charge in [-0.15, -0.1) is 0 Å². The molecule has 0 aliphatic heterocycles. The van der Waals surface area contributed by atoms with Crippen molar-refractivity contribution in [2.24, 2.45) is 0 Å². The van der Waals surface area contributed by atoms with Gasteiger partial charge in [0.05, 0.1) is 34.9 Å². The standard InChI is InChI=1S/C18H19N3O4S/c1-23-16-8-14-15(9-17(16)24-2)20-11-21-18(14)25-10-12-4-6-13(7-5-12)26(3,19)22/h4-9,11,19H,10H2,1-3H3. The molecule has 0 saturated heterocycles. The highest BCUT2D eigenvalue weighted by Gasteiger charge is 2.12. The number of rotatable bonds is 6. The molecule has 1 atom stereocenters. The lowest BCUT2D eigenvalue weighted by Gasteiger charge is -2.12. The van der Waals surface area contributed by atoms with Gasteiger partial charge in [0, 0.05) is 17.2 Å². The normalized spacial score (nSPS) is 13.2. The van der Waals surface area contributed by atoms with Crippen molar-refractivity contribution in [3.05, 3.63) is 48.3 Å². The molecule has 2 aromatic carbocycles. The molecule has 0 aliphatic rings. The molecule has 0 saturated carbocycles. The summed E-state index contributed by atoms with van der Waals surface area (Å²) in [6.07, 6.45) is 2.83. The summed E-state index contributed by atoms with van der Waals surface area (Å²) in [7, 11) is 0.413. The summed E-state index contributed by atoms with van der Waals surface area (Å²) in [6.45, 7) is 0.281. The number of hydrogen-bond donors (Lipinski definition) is 1. The van der Waals surface area contributed by atoms with E-state index in [4.69, 9.17) is 19.0 Å². The van der Waals surface area contributed by atoms with Crippen LogP contribution in [0.5, 0.6) is 17.4 Å². The maximum Gasteiger partial charge on any atom is 0.224 e. The van der Waals surface area contributed by atoms with Crippen molar-refractivity contribution in [1.82, 2.24) is 9.97 Å². The maximum absolute atomic E-state index is 11.7. The third kappa shape index (κ3) is 3.70. The molecule has 0 bridgehead atoms. The van der Waals surface area contributed by atoms with Gasteiger partial charge in [0.1, 0.15) is 12.9 Å². The Morgan fingerprint density at radius 1 is 1.04 bits per heavy atom. The van der Waals surface area contributed by atoms with Crippen molar-refractivity contribution in [2.45, 2.75) is 11.5 Å². The lowest BCUT2D eigenvalue weighted by Crippen LogP contribution is -2.01. The second-order valence-corrected chi connectivity index (χ2v) is 7.84. The summed E-state index contributed by atoms with van der Waals surface area (Å²) in [6, 6.07) is 10.5. The predicted octanol–water partition coefficient (Wildman–Crippen LogP) is 3.26. The second kappa shape index (κ2) is 7.17. The zero-order valence-corrected chi connectivity index (χ0v) is 15.5. The van der Waals surface area contributed by atoms with Crippen molar-refractivity contribution >= 4 is 20.6 Å². The Labute approximate surface area is 151 Å². The molecular weight excluding hydrogens is 354 g/mol. The third-order valence-corrected chi connectivity index (χ3v) is 5.02. The molecule has 1 unspecified atom stereocenters. The number of fused-ring (bicyclic) bond motifs is 1. The van der Waals surface area contributed by atoms with Crippen molar-refractivity contribution in [1.29, 1.82) is 4.78 Å². The molecule has 8 heteroatoms. The van der Waals surface area contributed by atoms with Crippen LogP contribution in [0.2, 0.25) is 0 Å². The van der Waals surface area contributed by atoms with Crippen LogP contribution in [0, 0.1) is 4.78 Å². The van der Waals surface area contributed by atoms with Crippen LogP contribution in [0.25, 0.3) is 10.9 Å². The molecule has 0 radical (unpaired) electrons. The molecule has 0 fully saturated rings. The number of nitrogens with zero attached hydrogens (tertiary/aromatic N) is 2. The van der Waals surface area contributed by atoms with Gasteiger partial charge in [-0.25, -0.2) is 19.0 Å². The van der Waals surface area contributed by atoms with Gasteiger partial charge in [0.15, 0.2) is 11.5 Å². The fraction of sp³-hybridized carbons (Fsp3) is 0.222. The molecular formula is C18H19N3O4S. The number of aromatic nitrogens is 2. The van der Waals surface area contributed by atoms with Gasteiger partial charge in [-0.1, -0.05) is 12.1 Å². The first kappa shape index (κ1) is 17.9. The first-order chi connectivity index (χ1) is 12.4. The molecule has 1 aromatic heterocycles. The summed E-state index contributed by atoms with van der Waals surface area (Å²) in [5, 5.41) is 0.713. The zero-order valence-electron chi connectivity index (χ0n) is 14.7. The van der Waals surface area contributed by atoms with Crippen LogP contribution in [-0.4, -0.2) is 34.7 Å². The van der Waals surface area contributed by atoms with E-state index in [-0.39, 0.29) is 6.61 Å². The van der Waals surface area contributed by atoms with Crippen LogP contribution in [0.15, 0.2) is 47.6 Å². The predicted molar refractivity (Wildman–Crippen MR) is 98.5 cm³/mol. The van der Waals surface area contributed by atoms with Crippen LogP contribution in [-0.2, 0) is 16.3 Å². The SMILES string of the molecule is COc1cc2ncnc(OCc3ccc(S(C)(=N)=O)cc3)c2cc1OC. The average molecular weight is 373 g/mol. The first-order valence-corrected chi connectivity index (χ1v) is 9.71. The van der Waals surface area contributed by atoms with Crippen molar-refractivity contribution in [3.8, 4) is 17.4 Å². The fourth-order valence-corrected chi connectivity index (χ4v) is 3.13. The quantitative estimate of drug-likeness (QED) is 0.713. The molecule has 3 rings (SSSR count). The Balaban J connectivity index is 1.87. The van der Waals surface area contributed by atoms with Gasteiger partial charge in [-0.2, -0.15) is 0 Å². The molecule has 0 amide bonds. The van der Waals surface area contributed by atoms with Gasteiger partial charge in [-0.05, 0) is 23.8 Å². The van der Waals surface area contributed by atoms with E-state index in [1.807, 2.05) is 0 Å². The summed E-state index contributed by atoms with van der Waals surface area (Å²) in [5.74, 6) is 1.58. The van der Waals surface area contributed by atoms with E-state index in [0.717, 1.165) is 5.56 Å². The van der Waals surface area contributed by atoms with Crippen molar-refractivity contribution in [2.75, 3.05) is 20.5 Å². The molecule has 0 aliphatic carbocycles. The minimum Gasteiger partial charge on any atom is -0.493 e. The summed E-state index contributed by atoms with van der Waals surface area (Å²) < 4.78 is 35.8. The lowest BCUT2D eigenvalue weighted by atomic mass is 10.2. The van der Waals surface area contributed by atoms with Crippen LogP contribution >= 0.6 is 0 Å². The smallest absolute Gasteiger partial charge is 0.224 e. The highest BCUT2D eigenvalue weighted by Crippen LogP contribution is 2.34. The van der Waals surface area contributed by atoms with Crippen molar-refractivity contribution < 1.29 is 18.4 Å². The Morgan fingerprint density at radius 3 is 2.31 bits per heavy atom. The van der Waals surface area contributed by atoms with E-state index < -0.39 is 9.73 Å². The van der Waals surface area contributed by atoms with Crippen molar-refractivity contribution in [3.63, 3.8) is 0 Å². The minimum atomic E-state index is -2.72. The van der Waals surface area contributed by atoms with Gasteiger partial charge in [0.2, 0.25) is 5.88 Å². The highest BCUT2D eigenvalue weighted by atomic mass is 32.2. The van der Waals surface area contributed by atoms with E-state index in [2.05, 4.69) is 9.97 Å². The van der Waals surface area contributed by atoms with Gasteiger partial charge >= 0.3 is 0 Å². The number of ether oxygens (including phenoxy) is 3. The number of benzene rings is 2. The van der Waals surface area contributed by atoms with E-state index >= 15 is 0 Å². The van der Waals surface area contributed by atoms with Crippen LogP contribution in [0.3, 0.4) is 0 Å². The molecule has 1 heterocycles.